The summed E-state index contributed by atoms with van der Waals surface area (Å²) < 4.78 is 0. The van der Waals surface area contributed by atoms with Crippen molar-refractivity contribution in [3.8, 4) is 0 Å². The van der Waals surface area contributed by atoms with Crippen LogP contribution in [0.25, 0.3) is 0 Å². The van der Waals surface area contributed by atoms with E-state index in [0.29, 0.717) is 5.75 Å². The molecule has 0 aromatic heterocycles. The Kier molecular flexibility index (Phi) is 13.5. The lowest BCUT2D eigenvalue weighted by molar-refractivity contribution is -0.143. The molecule has 13 heteroatoms. The van der Waals surface area contributed by atoms with Crippen molar-refractivity contribution in [3.05, 3.63) is 0 Å². The minimum absolute atomic E-state index is 0.0418. The molecule has 0 saturated carbocycles. The zero-order valence-electron chi connectivity index (χ0n) is 18.8. The van der Waals surface area contributed by atoms with Crippen molar-refractivity contribution in [3.63, 3.8) is 0 Å². The number of nitrogens with two attached hydrogens (primary N) is 2. The quantitative estimate of drug-likeness (QED) is 0.137. The second kappa shape index (κ2) is 14.6. The molecule has 0 bridgehead atoms. The molecule has 5 atom stereocenters. The number of carbonyl (C=O) groups is 5. The SMILES string of the molecule is CSCCC(NC(=O)C(NC(=O)C(N)CCC(N)=O)C(C)O)C(=O)NC(C(=O)O)C(C)C. The molecule has 0 aliphatic carbocycles. The Bertz CT molecular complexity index is 674. The highest BCUT2D eigenvalue weighted by Gasteiger charge is 2.32. The van der Waals surface area contributed by atoms with Crippen LogP contribution in [0.5, 0.6) is 0 Å². The number of thioether (sulfide) groups is 1. The van der Waals surface area contributed by atoms with Crippen LogP contribution in [0.15, 0.2) is 0 Å². The summed E-state index contributed by atoms with van der Waals surface area (Å²) >= 11 is 1.42. The number of rotatable bonds is 15. The maximum absolute atomic E-state index is 12.7. The molecule has 0 aliphatic heterocycles. The molecule has 5 unspecified atom stereocenters. The van der Waals surface area contributed by atoms with Gasteiger partial charge in [-0.15, -0.1) is 0 Å². The van der Waals surface area contributed by atoms with Gasteiger partial charge in [-0.2, -0.15) is 11.8 Å². The average Bonchev–Trinajstić information content (AvgIpc) is 2.69. The summed E-state index contributed by atoms with van der Waals surface area (Å²) in [6, 6.07) is -4.79. The fourth-order valence-corrected chi connectivity index (χ4v) is 3.10. The number of primary amides is 1. The first kappa shape index (κ1) is 29.6. The van der Waals surface area contributed by atoms with Crippen LogP contribution in [0.3, 0.4) is 0 Å². The third kappa shape index (κ3) is 10.8. The highest BCUT2D eigenvalue weighted by Crippen LogP contribution is 2.07. The molecule has 0 radical (unpaired) electrons. The smallest absolute Gasteiger partial charge is 0.326 e. The van der Waals surface area contributed by atoms with E-state index in [4.69, 9.17) is 11.5 Å². The van der Waals surface area contributed by atoms with Crippen molar-refractivity contribution < 1.29 is 34.2 Å². The van der Waals surface area contributed by atoms with Gasteiger partial charge >= 0.3 is 5.97 Å². The van der Waals surface area contributed by atoms with E-state index in [2.05, 4.69) is 16.0 Å². The molecule has 0 fully saturated rings. The average molecular weight is 478 g/mol. The largest absolute Gasteiger partial charge is 0.480 e. The lowest BCUT2D eigenvalue weighted by Crippen LogP contribution is -2.60. The third-order valence-electron chi connectivity index (χ3n) is 4.58. The van der Waals surface area contributed by atoms with Gasteiger partial charge in [0.2, 0.25) is 23.6 Å². The molecule has 0 rings (SSSR count). The number of aliphatic hydroxyl groups excluding tert-OH is 1. The summed E-state index contributed by atoms with van der Waals surface area (Å²) in [5.74, 6) is -4.05. The molecule has 0 saturated heterocycles. The molecule has 12 nitrogen and oxygen atoms in total. The number of carbonyl (C=O) groups excluding carboxylic acids is 4. The summed E-state index contributed by atoms with van der Waals surface area (Å²) in [7, 11) is 0. The predicted molar refractivity (Wildman–Crippen MR) is 119 cm³/mol. The lowest BCUT2D eigenvalue weighted by Gasteiger charge is -2.27. The van der Waals surface area contributed by atoms with Crippen LogP contribution in [-0.2, 0) is 24.0 Å². The molecular formula is C19H35N5O7S. The van der Waals surface area contributed by atoms with Gasteiger partial charge in [-0.05, 0) is 37.7 Å². The van der Waals surface area contributed by atoms with Gasteiger partial charge in [-0.3, -0.25) is 19.2 Å². The Morgan fingerprint density at radius 1 is 0.906 bits per heavy atom. The van der Waals surface area contributed by atoms with Gasteiger partial charge in [0.15, 0.2) is 0 Å². The molecular weight excluding hydrogens is 442 g/mol. The molecule has 0 heterocycles. The maximum Gasteiger partial charge on any atom is 0.326 e. The molecule has 4 amide bonds. The Morgan fingerprint density at radius 2 is 1.47 bits per heavy atom. The number of amides is 4. The number of hydrogen-bond donors (Lipinski definition) is 7. The van der Waals surface area contributed by atoms with Crippen LogP contribution >= 0.6 is 11.8 Å². The summed E-state index contributed by atoms with van der Waals surface area (Å²) in [6.45, 7) is 4.54. The zero-order chi connectivity index (χ0) is 25.0. The summed E-state index contributed by atoms with van der Waals surface area (Å²) in [6.07, 6.45) is 0.505. The first-order valence-electron chi connectivity index (χ1n) is 10.2. The molecule has 0 spiro atoms. The maximum atomic E-state index is 12.7. The minimum atomic E-state index is -1.42. The van der Waals surface area contributed by atoms with Crippen LogP contribution in [-0.4, -0.2) is 82.1 Å². The Morgan fingerprint density at radius 3 is 1.91 bits per heavy atom. The highest BCUT2D eigenvalue weighted by molar-refractivity contribution is 7.98. The summed E-state index contributed by atoms with van der Waals surface area (Å²) in [4.78, 5) is 59.9. The third-order valence-corrected chi connectivity index (χ3v) is 5.22. The van der Waals surface area contributed by atoms with E-state index in [9.17, 15) is 34.2 Å². The zero-order valence-corrected chi connectivity index (χ0v) is 19.6. The Balaban J connectivity index is 5.34. The van der Waals surface area contributed by atoms with Gasteiger partial charge in [-0.25, -0.2) is 4.79 Å². The minimum Gasteiger partial charge on any atom is -0.480 e. The Hall–Kier alpha value is -2.38. The summed E-state index contributed by atoms with van der Waals surface area (Å²) in [5, 5.41) is 26.5. The van der Waals surface area contributed by atoms with Gasteiger partial charge in [0, 0.05) is 6.42 Å². The first-order chi connectivity index (χ1) is 14.8. The highest BCUT2D eigenvalue weighted by atomic mass is 32.2. The number of carboxylic acids is 1. The molecule has 9 N–H and O–H groups in total. The number of nitrogens with one attached hydrogen (secondary N) is 3. The topological polar surface area (TPSA) is 214 Å². The predicted octanol–water partition coefficient (Wildman–Crippen LogP) is -2.09. The van der Waals surface area contributed by atoms with Crippen molar-refractivity contribution in [2.45, 2.75) is 70.3 Å². The molecule has 0 aliphatic rings. The van der Waals surface area contributed by atoms with Gasteiger partial charge in [0.25, 0.3) is 0 Å². The van der Waals surface area contributed by atoms with E-state index in [1.807, 2.05) is 0 Å². The number of hydrogen-bond acceptors (Lipinski definition) is 8. The fraction of sp³-hybridized carbons (Fsp3) is 0.737. The first-order valence-corrected chi connectivity index (χ1v) is 11.6. The van der Waals surface area contributed by atoms with Crippen molar-refractivity contribution in [2.75, 3.05) is 12.0 Å². The van der Waals surface area contributed by atoms with Crippen molar-refractivity contribution in [1.82, 2.24) is 16.0 Å². The van der Waals surface area contributed by atoms with E-state index < -0.39 is 59.9 Å². The molecule has 0 aromatic rings. The van der Waals surface area contributed by atoms with Crippen LogP contribution in [0, 0.1) is 5.92 Å². The summed E-state index contributed by atoms with van der Waals surface area (Å²) in [5.41, 5.74) is 10.7. The van der Waals surface area contributed by atoms with Gasteiger partial charge in [0.05, 0.1) is 12.1 Å². The van der Waals surface area contributed by atoms with Crippen LogP contribution < -0.4 is 27.4 Å². The second-order valence-corrected chi connectivity index (χ2v) is 8.74. The van der Waals surface area contributed by atoms with Crippen LogP contribution in [0.2, 0.25) is 0 Å². The van der Waals surface area contributed by atoms with E-state index >= 15 is 0 Å². The van der Waals surface area contributed by atoms with Crippen LogP contribution in [0.4, 0.5) is 0 Å². The standard InChI is InChI=1S/C19H35N5O7S/c1-9(2)14(19(30)31)23-17(28)12(7-8-32-4)22-18(29)15(10(3)25)24-16(27)11(20)5-6-13(21)26/h9-12,14-15,25H,5-8,20H2,1-4H3,(H2,21,26)(H,22,29)(H,23,28)(H,24,27)(H,30,31). The van der Waals surface area contributed by atoms with Gasteiger partial charge in [-0.1, -0.05) is 13.8 Å². The number of aliphatic carboxylic acids is 1. The van der Waals surface area contributed by atoms with Crippen LogP contribution in [0.1, 0.15) is 40.0 Å². The number of carboxylic acid groups (broad SMARTS) is 1. The van der Waals surface area contributed by atoms with Crippen molar-refractivity contribution >= 4 is 41.4 Å². The Labute approximate surface area is 191 Å². The molecule has 0 aromatic carbocycles. The van der Waals surface area contributed by atoms with E-state index in [0.717, 1.165) is 0 Å². The fourth-order valence-electron chi connectivity index (χ4n) is 2.63. The van der Waals surface area contributed by atoms with Gasteiger partial charge < -0.3 is 37.6 Å². The van der Waals surface area contributed by atoms with Crippen molar-refractivity contribution in [1.29, 1.82) is 0 Å². The van der Waals surface area contributed by atoms with Gasteiger partial charge in [0.1, 0.15) is 18.1 Å². The van der Waals surface area contributed by atoms with E-state index in [1.54, 1.807) is 20.1 Å². The monoisotopic (exact) mass is 477 g/mol. The van der Waals surface area contributed by atoms with Crippen molar-refractivity contribution in [2.24, 2.45) is 17.4 Å². The van der Waals surface area contributed by atoms with E-state index in [-0.39, 0.29) is 25.2 Å². The van der Waals surface area contributed by atoms with E-state index in [1.165, 1.54) is 18.7 Å². The lowest BCUT2D eigenvalue weighted by atomic mass is 10.0. The number of aliphatic hydroxyl groups is 1. The second-order valence-electron chi connectivity index (χ2n) is 7.75. The molecule has 32 heavy (non-hydrogen) atoms. The normalized spacial score (nSPS) is 15.7. The molecule has 184 valence electrons.